The summed E-state index contributed by atoms with van der Waals surface area (Å²) in [5, 5.41) is 8.93. The lowest BCUT2D eigenvalue weighted by atomic mass is 10.2. The van der Waals surface area contributed by atoms with Crippen LogP contribution in [-0.4, -0.2) is 32.1 Å². The van der Waals surface area contributed by atoms with E-state index < -0.39 is 10.0 Å². The molecule has 0 radical (unpaired) electrons. The zero-order valence-corrected chi connectivity index (χ0v) is 14.6. The molecular formula is C12H20BrNO4S2. The van der Waals surface area contributed by atoms with Gasteiger partial charge in [0, 0.05) is 12.6 Å². The monoisotopic (exact) mass is 385 g/mol. The van der Waals surface area contributed by atoms with Crippen LogP contribution in [-0.2, 0) is 16.6 Å². The van der Waals surface area contributed by atoms with Crippen molar-refractivity contribution in [1.29, 1.82) is 0 Å². The Morgan fingerprint density at radius 1 is 1.35 bits per heavy atom. The second-order valence-corrected chi connectivity index (χ2v) is 7.75. The van der Waals surface area contributed by atoms with Gasteiger partial charge in [0.05, 0.1) is 0 Å². The van der Waals surface area contributed by atoms with E-state index in [0.717, 1.165) is 25.0 Å². The number of rotatable bonds is 10. The first-order chi connectivity index (χ1) is 9.51. The predicted molar refractivity (Wildman–Crippen MR) is 84.4 cm³/mol. The highest BCUT2D eigenvalue weighted by atomic mass is 79.9. The number of unbranched alkanes of at least 4 members (excludes halogenated alkanes) is 3. The summed E-state index contributed by atoms with van der Waals surface area (Å²) in [5.41, 5.74) is 0. The smallest absolute Gasteiger partial charge is 0.244 e. The Balaban J connectivity index is 2.40. The van der Waals surface area contributed by atoms with E-state index in [1.54, 1.807) is 0 Å². The van der Waals surface area contributed by atoms with Crippen molar-refractivity contribution in [3.8, 4) is 0 Å². The third kappa shape index (κ3) is 5.77. The van der Waals surface area contributed by atoms with Crippen molar-refractivity contribution in [2.24, 2.45) is 0 Å². The molecule has 0 fully saturated rings. The van der Waals surface area contributed by atoms with Gasteiger partial charge < -0.3 is 9.52 Å². The molecule has 2 N–H and O–H groups in total. The highest BCUT2D eigenvalue weighted by molar-refractivity contribution is 9.10. The number of nitrogens with one attached hydrogen (secondary N) is 1. The Labute approximate surface area is 132 Å². The van der Waals surface area contributed by atoms with Crippen molar-refractivity contribution in [3.05, 3.63) is 16.5 Å². The van der Waals surface area contributed by atoms with Crippen molar-refractivity contribution in [1.82, 2.24) is 4.72 Å². The van der Waals surface area contributed by atoms with Gasteiger partial charge in [-0.05, 0) is 40.8 Å². The van der Waals surface area contributed by atoms with Crippen LogP contribution in [0.25, 0.3) is 0 Å². The average molecular weight is 386 g/mol. The van der Waals surface area contributed by atoms with E-state index in [4.69, 9.17) is 9.52 Å². The molecule has 0 aliphatic heterocycles. The van der Waals surface area contributed by atoms with Gasteiger partial charge in [-0.2, -0.15) is 11.8 Å². The standard InChI is InChI=1S/C12H20BrNO4S2/c1-19-7-5-3-2-4-6-14-20(16,17)11-8-10(9-15)18-12(11)13/h8,14-15H,2-7,9H2,1H3. The predicted octanol–water partition coefficient (Wildman–Crippen LogP) is 2.74. The van der Waals surface area contributed by atoms with Crippen LogP contribution in [0.2, 0.25) is 0 Å². The van der Waals surface area contributed by atoms with Crippen molar-refractivity contribution in [2.75, 3.05) is 18.6 Å². The summed E-state index contributed by atoms with van der Waals surface area (Å²) >= 11 is 4.87. The van der Waals surface area contributed by atoms with Crippen molar-refractivity contribution in [3.63, 3.8) is 0 Å². The van der Waals surface area contributed by atoms with Crippen molar-refractivity contribution < 1.29 is 17.9 Å². The van der Waals surface area contributed by atoms with Crippen LogP contribution in [0.4, 0.5) is 0 Å². The summed E-state index contributed by atoms with van der Waals surface area (Å²) in [4.78, 5) is 0.0314. The largest absolute Gasteiger partial charge is 0.450 e. The highest BCUT2D eigenvalue weighted by Gasteiger charge is 2.21. The maximum Gasteiger partial charge on any atom is 0.244 e. The first kappa shape index (κ1) is 18.0. The number of halogens is 1. The molecule has 1 aromatic heterocycles. The molecule has 1 heterocycles. The molecule has 0 spiro atoms. The Morgan fingerprint density at radius 3 is 2.65 bits per heavy atom. The lowest BCUT2D eigenvalue weighted by molar-refractivity contribution is 0.245. The van der Waals surface area contributed by atoms with Gasteiger partial charge in [0.1, 0.15) is 17.3 Å². The molecule has 0 saturated carbocycles. The quantitative estimate of drug-likeness (QED) is 0.605. The van der Waals surface area contributed by atoms with E-state index in [1.807, 2.05) is 11.8 Å². The van der Waals surface area contributed by atoms with Gasteiger partial charge in [-0.25, -0.2) is 13.1 Å². The van der Waals surface area contributed by atoms with Gasteiger partial charge in [-0.15, -0.1) is 0 Å². The molecule has 0 bridgehead atoms. The molecule has 0 atom stereocenters. The van der Waals surface area contributed by atoms with Crippen LogP contribution in [0, 0.1) is 0 Å². The fourth-order valence-corrected chi connectivity index (χ4v) is 4.23. The van der Waals surface area contributed by atoms with Gasteiger partial charge in [-0.1, -0.05) is 12.8 Å². The van der Waals surface area contributed by atoms with E-state index in [-0.39, 0.29) is 21.9 Å². The maximum atomic E-state index is 12.0. The van der Waals surface area contributed by atoms with Crippen LogP contribution in [0.1, 0.15) is 31.4 Å². The molecule has 0 saturated heterocycles. The number of aliphatic hydroxyl groups excluding tert-OH is 1. The lowest BCUT2D eigenvalue weighted by Gasteiger charge is -2.05. The number of thioether (sulfide) groups is 1. The minimum atomic E-state index is -3.58. The lowest BCUT2D eigenvalue weighted by Crippen LogP contribution is -2.24. The molecule has 5 nitrogen and oxygen atoms in total. The summed E-state index contributed by atoms with van der Waals surface area (Å²) in [6, 6.07) is 1.32. The molecule has 8 heteroatoms. The minimum Gasteiger partial charge on any atom is -0.450 e. The number of sulfonamides is 1. The summed E-state index contributed by atoms with van der Waals surface area (Å²) in [5.74, 6) is 1.37. The molecular weight excluding hydrogens is 366 g/mol. The minimum absolute atomic E-state index is 0.0314. The van der Waals surface area contributed by atoms with E-state index >= 15 is 0 Å². The van der Waals surface area contributed by atoms with Gasteiger partial charge >= 0.3 is 0 Å². The van der Waals surface area contributed by atoms with Crippen LogP contribution >= 0.6 is 27.7 Å². The Hall–Kier alpha value is -0.0200. The summed E-state index contributed by atoms with van der Waals surface area (Å²) in [6.45, 7) is 0.0806. The van der Waals surface area contributed by atoms with Crippen LogP contribution in [0.15, 0.2) is 20.0 Å². The number of furan rings is 1. The fourth-order valence-electron chi connectivity index (χ4n) is 1.67. The summed E-state index contributed by atoms with van der Waals surface area (Å²) in [6.07, 6.45) is 6.19. The molecule has 0 aliphatic carbocycles. The molecule has 1 rings (SSSR count). The third-order valence-electron chi connectivity index (χ3n) is 2.72. The zero-order chi connectivity index (χ0) is 15.0. The van der Waals surface area contributed by atoms with E-state index in [0.29, 0.717) is 6.54 Å². The van der Waals surface area contributed by atoms with Gasteiger partial charge in [-0.3, -0.25) is 0 Å². The normalized spacial score (nSPS) is 11.9. The number of aliphatic hydroxyl groups is 1. The van der Waals surface area contributed by atoms with Gasteiger partial charge in [0.15, 0.2) is 4.67 Å². The zero-order valence-electron chi connectivity index (χ0n) is 11.4. The number of hydrogen-bond acceptors (Lipinski definition) is 5. The van der Waals surface area contributed by atoms with E-state index in [9.17, 15) is 8.42 Å². The van der Waals surface area contributed by atoms with E-state index in [2.05, 4.69) is 26.9 Å². The average Bonchev–Trinajstić information content (AvgIpc) is 2.80. The van der Waals surface area contributed by atoms with Gasteiger partial charge in [0.2, 0.25) is 10.0 Å². The molecule has 0 aliphatic rings. The first-order valence-corrected chi connectivity index (χ1v) is 10.1. The number of hydrogen-bond donors (Lipinski definition) is 2. The first-order valence-electron chi connectivity index (χ1n) is 6.39. The molecule has 0 unspecified atom stereocenters. The molecule has 0 aromatic carbocycles. The Bertz CT molecular complexity index is 502. The van der Waals surface area contributed by atoms with E-state index in [1.165, 1.54) is 12.5 Å². The second-order valence-electron chi connectivity index (χ2n) is 4.31. The fraction of sp³-hybridized carbons (Fsp3) is 0.667. The summed E-state index contributed by atoms with van der Waals surface area (Å²) < 4.78 is 31.8. The van der Waals surface area contributed by atoms with Gasteiger partial charge in [0.25, 0.3) is 0 Å². The Morgan fingerprint density at radius 2 is 2.05 bits per heavy atom. The molecule has 1 aromatic rings. The van der Waals surface area contributed by atoms with Crippen LogP contribution in [0.5, 0.6) is 0 Å². The maximum absolute atomic E-state index is 12.0. The molecule has 20 heavy (non-hydrogen) atoms. The SMILES string of the molecule is CSCCCCCCNS(=O)(=O)c1cc(CO)oc1Br. The van der Waals surface area contributed by atoms with Crippen molar-refractivity contribution in [2.45, 2.75) is 37.2 Å². The molecule has 0 amide bonds. The Kier molecular flexibility index (Phi) is 8.20. The highest BCUT2D eigenvalue weighted by Crippen LogP contribution is 2.25. The van der Waals surface area contributed by atoms with Crippen LogP contribution < -0.4 is 4.72 Å². The topological polar surface area (TPSA) is 79.5 Å². The third-order valence-corrected chi connectivity index (χ3v) is 5.73. The van der Waals surface area contributed by atoms with Crippen LogP contribution in [0.3, 0.4) is 0 Å². The second kappa shape index (κ2) is 9.09. The summed E-state index contributed by atoms with van der Waals surface area (Å²) in [7, 11) is -3.58. The van der Waals surface area contributed by atoms with Crippen molar-refractivity contribution >= 4 is 37.7 Å². The molecule has 116 valence electrons.